The van der Waals surface area contributed by atoms with Crippen LogP contribution in [0.15, 0.2) is 4.99 Å². The average molecular weight is 561 g/mol. The number of hydrogen-bond acceptors (Lipinski definition) is 6. The van der Waals surface area contributed by atoms with Crippen LogP contribution in [0.3, 0.4) is 0 Å². The Kier molecular flexibility index (Phi) is 13.0. The molecule has 30 heavy (non-hydrogen) atoms. The van der Waals surface area contributed by atoms with E-state index in [2.05, 4.69) is 31.9 Å². The average Bonchev–Trinajstić information content (AvgIpc) is 2.71. The summed E-state index contributed by atoms with van der Waals surface area (Å²) in [5, 5.41) is 3.44. The molecule has 0 aromatic heterocycles. The molecule has 2 rings (SSSR count). The number of nitrogens with one attached hydrogen (secondary N) is 1. The van der Waals surface area contributed by atoms with E-state index < -0.39 is 10.0 Å². The van der Waals surface area contributed by atoms with Gasteiger partial charge in [-0.3, -0.25) is 9.89 Å². The van der Waals surface area contributed by atoms with Crippen LogP contribution in [-0.4, -0.2) is 131 Å². The second-order valence-corrected chi connectivity index (χ2v) is 9.96. The molecule has 2 aliphatic rings. The van der Waals surface area contributed by atoms with Gasteiger partial charge < -0.3 is 19.9 Å². The molecule has 0 saturated carbocycles. The zero-order chi connectivity index (χ0) is 21.3. The van der Waals surface area contributed by atoms with Crippen LogP contribution in [0.5, 0.6) is 0 Å². The fraction of sp³-hybridized carbons (Fsp3) is 0.947. The fourth-order valence-electron chi connectivity index (χ4n) is 3.68. The Morgan fingerprint density at radius 2 is 1.63 bits per heavy atom. The lowest BCUT2D eigenvalue weighted by Crippen LogP contribution is -2.55. The molecule has 0 spiro atoms. The van der Waals surface area contributed by atoms with Crippen molar-refractivity contribution in [2.45, 2.75) is 26.9 Å². The van der Waals surface area contributed by atoms with E-state index in [0.717, 1.165) is 51.8 Å². The number of hydrogen-bond donors (Lipinski definition) is 1. The molecular weight excluding hydrogens is 519 g/mol. The van der Waals surface area contributed by atoms with Crippen molar-refractivity contribution in [2.75, 3.05) is 91.4 Å². The summed E-state index contributed by atoms with van der Waals surface area (Å²) in [6.07, 6.45) is 0.0481. The van der Waals surface area contributed by atoms with Crippen molar-refractivity contribution in [1.82, 2.24) is 24.3 Å². The maximum Gasteiger partial charge on any atom is 0.216 e. The highest BCUT2D eigenvalue weighted by atomic mass is 127. The van der Waals surface area contributed by atoms with Gasteiger partial charge in [-0.05, 0) is 20.4 Å². The van der Waals surface area contributed by atoms with Crippen LogP contribution in [0, 0.1) is 0 Å². The van der Waals surface area contributed by atoms with Crippen LogP contribution in [0.2, 0.25) is 0 Å². The first-order valence-electron chi connectivity index (χ1n) is 10.9. The van der Waals surface area contributed by atoms with Crippen LogP contribution in [0.4, 0.5) is 0 Å². The molecule has 1 N–H and O–H groups in total. The van der Waals surface area contributed by atoms with E-state index in [-0.39, 0.29) is 42.4 Å². The number of ether oxygens (including phenoxy) is 1. The van der Waals surface area contributed by atoms with Crippen molar-refractivity contribution in [2.24, 2.45) is 4.99 Å². The number of piperazine rings is 2. The highest BCUT2D eigenvalue weighted by Gasteiger charge is 2.28. The zero-order valence-electron chi connectivity index (χ0n) is 19.0. The van der Waals surface area contributed by atoms with E-state index in [0.29, 0.717) is 26.2 Å². The molecular formula is C19H41IN6O3S. The summed E-state index contributed by atoms with van der Waals surface area (Å²) < 4.78 is 31.9. The lowest BCUT2D eigenvalue weighted by molar-refractivity contribution is 0.0904. The molecule has 0 atom stereocenters. The highest BCUT2D eigenvalue weighted by molar-refractivity contribution is 14.0. The Labute approximate surface area is 200 Å². The SMILES string of the molecule is CCN1CCN(CCNC(=NC)N2CCN(S(=O)(=O)CCOC(C)C)CC2)CC1.I. The third-order valence-electron chi connectivity index (χ3n) is 5.56. The Hall–Kier alpha value is -0.210. The normalized spacial score (nSPS) is 20.4. The Morgan fingerprint density at radius 3 is 2.17 bits per heavy atom. The van der Waals surface area contributed by atoms with Gasteiger partial charge in [0.15, 0.2) is 5.96 Å². The molecule has 0 aliphatic carbocycles. The van der Waals surface area contributed by atoms with Crippen molar-refractivity contribution >= 4 is 40.0 Å². The summed E-state index contributed by atoms with van der Waals surface area (Å²) in [6, 6.07) is 0. The van der Waals surface area contributed by atoms with E-state index in [1.54, 1.807) is 11.4 Å². The van der Waals surface area contributed by atoms with Crippen LogP contribution in [0.1, 0.15) is 20.8 Å². The van der Waals surface area contributed by atoms with Gasteiger partial charge >= 0.3 is 0 Å². The molecule has 0 amide bonds. The smallest absolute Gasteiger partial charge is 0.216 e. The van der Waals surface area contributed by atoms with Gasteiger partial charge in [0.05, 0.1) is 18.5 Å². The summed E-state index contributed by atoms with van der Waals surface area (Å²) in [7, 11) is -1.48. The van der Waals surface area contributed by atoms with Gasteiger partial charge in [-0.15, -0.1) is 24.0 Å². The third kappa shape index (κ3) is 9.11. The molecule has 11 heteroatoms. The number of sulfonamides is 1. The topological polar surface area (TPSA) is 80.7 Å². The number of nitrogens with zero attached hydrogens (tertiary/aromatic N) is 5. The molecule has 0 radical (unpaired) electrons. The molecule has 9 nitrogen and oxygen atoms in total. The first-order valence-corrected chi connectivity index (χ1v) is 12.5. The van der Waals surface area contributed by atoms with E-state index in [1.807, 2.05) is 13.8 Å². The van der Waals surface area contributed by atoms with Gasteiger partial charge in [-0.2, -0.15) is 4.31 Å². The van der Waals surface area contributed by atoms with Crippen molar-refractivity contribution in [3.8, 4) is 0 Å². The van der Waals surface area contributed by atoms with Crippen LogP contribution in [0.25, 0.3) is 0 Å². The number of aliphatic imine (C=N–C) groups is 1. The van der Waals surface area contributed by atoms with E-state index >= 15 is 0 Å². The summed E-state index contributed by atoms with van der Waals surface area (Å²) in [5.74, 6) is 0.904. The molecule has 0 aromatic rings. The maximum absolute atomic E-state index is 12.5. The van der Waals surface area contributed by atoms with Gasteiger partial charge in [0.25, 0.3) is 0 Å². The first kappa shape index (κ1) is 27.8. The fourth-order valence-corrected chi connectivity index (χ4v) is 4.97. The second kappa shape index (κ2) is 14.0. The summed E-state index contributed by atoms with van der Waals surface area (Å²) >= 11 is 0. The monoisotopic (exact) mass is 560 g/mol. The molecule has 2 fully saturated rings. The summed E-state index contributed by atoms with van der Waals surface area (Å²) in [5.41, 5.74) is 0. The molecule has 0 bridgehead atoms. The first-order chi connectivity index (χ1) is 13.9. The van der Waals surface area contributed by atoms with Gasteiger partial charge in [0, 0.05) is 72.5 Å². The summed E-state index contributed by atoms with van der Waals surface area (Å²) in [6.45, 7) is 16.1. The molecule has 2 heterocycles. The Bertz CT molecular complexity index is 603. The summed E-state index contributed by atoms with van der Waals surface area (Å²) in [4.78, 5) is 11.5. The number of halogens is 1. The maximum atomic E-state index is 12.5. The molecule has 2 aliphatic heterocycles. The molecule has 2 saturated heterocycles. The standard InChI is InChI=1S/C19H40N6O3S.HI/c1-5-22-8-10-23(11-9-22)7-6-21-19(20-4)24-12-14-25(15-13-24)29(26,27)17-16-28-18(2)3;/h18H,5-17H2,1-4H3,(H,20,21);1H. The largest absolute Gasteiger partial charge is 0.378 e. The predicted molar refractivity (Wildman–Crippen MR) is 133 cm³/mol. The molecule has 0 aromatic carbocycles. The number of likely N-dealkylation sites (N-methyl/N-ethyl adjacent to an activating group) is 1. The van der Waals surface area contributed by atoms with E-state index in [4.69, 9.17) is 4.74 Å². The van der Waals surface area contributed by atoms with Crippen LogP contribution < -0.4 is 5.32 Å². The Balaban J connectivity index is 0.00000450. The highest BCUT2D eigenvalue weighted by Crippen LogP contribution is 2.09. The van der Waals surface area contributed by atoms with Crippen molar-refractivity contribution in [3.63, 3.8) is 0 Å². The van der Waals surface area contributed by atoms with Crippen molar-refractivity contribution in [3.05, 3.63) is 0 Å². The van der Waals surface area contributed by atoms with Gasteiger partial charge in [0.2, 0.25) is 10.0 Å². The Morgan fingerprint density at radius 1 is 1.03 bits per heavy atom. The van der Waals surface area contributed by atoms with E-state index in [9.17, 15) is 8.42 Å². The molecule has 0 unspecified atom stereocenters. The predicted octanol–water partition coefficient (Wildman–Crippen LogP) is 0.190. The van der Waals surface area contributed by atoms with Gasteiger partial charge in [-0.1, -0.05) is 6.92 Å². The van der Waals surface area contributed by atoms with Crippen LogP contribution >= 0.6 is 24.0 Å². The minimum atomic E-state index is -3.26. The number of rotatable bonds is 9. The number of guanidine groups is 1. The minimum absolute atomic E-state index is 0. The zero-order valence-corrected chi connectivity index (χ0v) is 22.2. The quantitative estimate of drug-likeness (QED) is 0.245. The third-order valence-corrected chi connectivity index (χ3v) is 7.39. The molecule has 178 valence electrons. The van der Waals surface area contributed by atoms with Crippen LogP contribution in [-0.2, 0) is 14.8 Å². The minimum Gasteiger partial charge on any atom is -0.378 e. The lowest BCUT2D eigenvalue weighted by atomic mass is 10.3. The van der Waals surface area contributed by atoms with E-state index in [1.165, 1.54) is 0 Å². The van der Waals surface area contributed by atoms with Gasteiger partial charge in [-0.25, -0.2) is 8.42 Å². The second-order valence-electron chi connectivity index (χ2n) is 7.87. The van der Waals surface area contributed by atoms with Crippen molar-refractivity contribution < 1.29 is 13.2 Å². The van der Waals surface area contributed by atoms with Crippen molar-refractivity contribution in [1.29, 1.82) is 0 Å². The lowest BCUT2D eigenvalue weighted by Gasteiger charge is -2.36. The van der Waals surface area contributed by atoms with Gasteiger partial charge in [0.1, 0.15) is 0 Å².